The maximum Gasteiger partial charge on any atom is 0.325 e. The molecule has 4 unspecified atom stereocenters. The van der Waals surface area contributed by atoms with E-state index >= 15 is 0 Å². The van der Waals surface area contributed by atoms with Gasteiger partial charge in [0.15, 0.2) is 0 Å². The van der Waals surface area contributed by atoms with E-state index in [2.05, 4.69) is 20.9 Å². The summed E-state index contributed by atoms with van der Waals surface area (Å²) in [6.45, 7) is 8.34. The van der Waals surface area contributed by atoms with Crippen LogP contribution in [0, 0.1) is 11.8 Å². The second-order valence-corrected chi connectivity index (χ2v) is 9.20. The van der Waals surface area contributed by atoms with Gasteiger partial charge in [0.2, 0.25) is 17.7 Å². The van der Waals surface area contributed by atoms with Crippen LogP contribution >= 0.6 is 0 Å². The van der Waals surface area contributed by atoms with Crippen LogP contribution in [0.4, 0.5) is 0 Å². The molecule has 0 aliphatic heterocycles. The van der Waals surface area contributed by atoms with Crippen molar-refractivity contribution >= 4 is 34.6 Å². The van der Waals surface area contributed by atoms with E-state index in [4.69, 9.17) is 10.8 Å². The molecule has 0 bridgehead atoms. The van der Waals surface area contributed by atoms with Gasteiger partial charge in [0.25, 0.3) is 0 Å². The summed E-state index contributed by atoms with van der Waals surface area (Å²) in [6.07, 6.45) is 2.10. The predicted octanol–water partition coefficient (Wildman–Crippen LogP) is 0.909. The average molecular weight is 474 g/mol. The van der Waals surface area contributed by atoms with Crippen molar-refractivity contribution in [3.63, 3.8) is 0 Å². The van der Waals surface area contributed by atoms with Gasteiger partial charge in [-0.15, -0.1) is 0 Å². The first-order valence-electron chi connectivity index (χ1n) is 11.4. The Labute approximate surface area is 199 Å². The Morgan fingerprint density at radius 1 is 0.882 bits per heavy atom. The van der Waals surface area contributed by atoms with Gasteiger partial charge in [-0.25, -0.2) is 0 Å². The summed E-state index contributed by atoms with van der Waals surface area (Å²) < 4.78 is 0. The number of hydrogen-bond acceptors (Lipinski definition) is 5. The first-order chi connectivity index (χ1) is 15.9. The van der Waals surface area contributed by atoms with Crippen molar-refractivity contribution < 1.29 is 24.3 Å². The van der Waals surface area contributed by atoms with Crippen LogP contribution in [0.25, 0.3) is 10.9 Å². The highest BCUT2D eigenvalue weighted by molar-refractivity contribution is 5.94. The molecule has 4 atom stereocenters. The molecule has 0 saturated carbocycles. The van der Waals surface area contributed by atoms with Gasteiger partial charge in [0.05, 0.1) is 6.04 Å². The zero-order valence-electron chi connectivity index (χ0n) is 20.2. The normalized spacial score (nSPS) is 14.9. The van der Waals surface area contributed by atoms with E-state index in [0.29, 0.717) is 0 Å². The van der Waals surface area contributed by atoms with Crippen molar-refractivity contribution in [3.05, 3.63) is 36.0 Å². The first-order valence-corrected chi connectivity index (χ1v) is 11.4. The van der Waals surface area contributed by atoms with Crippen LogP contribution in [-0.2, 0) is 25.6 Å². The van der Waals surface area contributed by atoms with Crippen molar-refractivity contribution in [1.82, 2.24) is 20.9 Å². The van der Waals surface area contributed by atoms with E-state index in [1.54, 1.807) is 27.7 Å². The number of nitrogens with two attached hydrogens (primary N) is 1. The van der Waals surface area contributed by atoms with Gasteiger partial charge in [-0.2, -0.15) is 0 Å². The number of hydrogen-bond donors (Lipinski definition) is 6. The van der Waals surface area contributed by atoms with Gasteiger partial charge in [-0.3, -0.25) is 19.2 Å². The van der Waals surface area contributed by atoms with E-state index in [0.717, 1.165) is 16.5 Å². The molecule has 0 aliphatic carbocycles. The third kappa shape index (κ3) is 6.80. The van der Waals surface area contributed by atoms with E-state index in [1.165, 1.54) is 6.92 Å². The molecule has 186 valence electrons. The lowest BCUT2D eigenvalue weighted by atomic mass is 9.98. The number of aromatic nitrogens is 1. The second-order valence-electron chi connectivity index (χ2n) is 9.20. The SMILES string of the molecule is CC(NC(=O)C(NC(=O)C(NC(=O)C(N)Cc1c[nH]c2ccccc12)C(C)C)C(C)C)C(=O)O. The third-order valence-electron chi connectivity index (χ3n) is 5.67. The van der Waals surface area contributed by atoms with Gasteiger partial charge < -0.3 is 31.8 Å². The fraction of sp³-hybridized carbons (Fsp3) is 0.500. The number of H-pyrrole nitrogens is 1. The molecule has 0 fully saturated rings. The fourth-order valence-corrected chi connectivity index (χ4v) is 3.57. The number of carboxylic acids is 1. The lowest BCUT2D eigenvalue weighted by Gasteiger charge is -2.28. The molecule has 2 aromatic rings. The lowest BCUT2D eigenvalue weighted by molar-refractivity contribution is -0.142. The second kappa shape index (κ2) is 11.6. The largest absolute Gasteiger partial charge is 0.480 e. The van der Waals surface area contributed by atoms with E-state index in [9.17, 15) is 19.2 Å². The molecule has 34 heavy (non-hydrogen) atoms. The number of aromatic amines is 1. The number of nitrogens with one attached hydrogen (secondary N) is 4. The standard InChI is InChI=1S/C24H35N5O5/c1-12(2)19(22(31)27-14(5)24(33)34)29-23(32)20(13(3)4)28-21(30)17(25)10-15-11-26-18-9-7-6-8-16(15)18/h6-9,11-14,17,19-20,26H,10,25H2,1-5H3,(H,27,31)(H,28,30)(H,29,32)(H,33,34). The Balaban J connectivity index is 2.07. The van der Waals surface area contributed by atoms with Gasteiger partial charge in [0.1, 0.15) is 18.1 Å². The Kier molecular flexibility index (Phi) is 9.19. The quantitative estimate of drug-likeness (QED) is 0.284. The van der Waals surface area contributed by atoms with Crippen molar-refractivity contribution in [2.75, 3.05) is 0 Å². The number of amides is 3. The molecular weight excluding hydrogens is 438 g/mol. The number of para-hydroxylation sites is 1. The van der Waals surface area contributed by atoms with Crippen molar-refractivity contribution in [3.8, 4) is 0 Å². The summed E-state index contributed by atoms with van der Waals surface area (Å²) in [5.74, 6) is -3.40. The molecule has 10 heteroatoms. The van der Waals surface area contributed by atoms with Crippen LogP contribution in [0.5, 0.6) is 0 Å². The molecule has 0 saturated heterocycles. The van der Waals surface area contributed by atoms with Gasteiger partial charge in [-0.05, 0) is 36.8 Å². The Morgan fingerprint density at radius 3 is 1.97 bits per heavy atom. The van der Waals surface area contributed by atoms with Gasteiger partial charge in [-0.1, -0.05) is 45.9 Å². The molecule has 0 spiro atoms. The summed E-state index contributed by atoms with van der Waals surface area (Å²) in [5.41, 5.74) is 7.99. The van der Waals surface area contributed by atoms with Crippen LogP contribution in [0.2, 0.25) is 0 Å². The highest BCUT2D eigenvalue weighted by Crippen LogP contribution is 2.19. The van der Waals surface area contributed by atoms with Crippen molar-refractivity contribution in [2.45, 2.75) is 65.2 Å². The van der Waals surface area contributed by atoms with Crippen LogP contribution in [0.3, 0.4) is 0 Å². The summed E-state index contributed by atoms with van der Waals surface area (Å²) in [6, 6.07) is 3.82. The van der Waals surface area contributed by atoms with Crippen LogP contribution in [0.15, 0.2) is 30.5 Å². The summed E-state index contributed by atoms with van der Waals surface area (Å²) in [5, 5.41) is 17.7. The number of fused-ring (bicyclic) bond motifs is 1. The Bertz CT molecular complexity index is 1030. The molecule has 10 nitrogen and oxygen atoms in total. The van der Waals surface area contributed by atoms with E-state index in [1.807, 2.05) is 30.5 Å². The summed E-state index contributed by atoms with van der Waals surface area (Å²) in [7, 11) is 0. The number of carbonyl (C=O) groups is 4. The molecule has 2 rings (SSSR count). The lowest BCUT2D eigenvalue weighted by Crippen LogP contribution is -2.59. The van der Waals surface area contributed by atoms with Crippen molar-refractivity contribution in [1.29, 1.82) is 0 Å². The highest BCUT2D eigenvalue weighted by atomic mass is 16.4. The number of rotatable bonds is 11. The predicted molar refractivity (Wildman–Crippen MR) is 129 cm³/mol. The molecule has 0 aliphatic rings. The van der Waals surface area contributed by atoms with Crippen LogP contribution in [0.1, 0.15) is 40.2 Å². The average Bonchev–Trinajstić information content (AvgIpc) is 3.17. The third-order valence-corrected chi connectivity index (χ3v) is 5.67. The van der Waals surface area contributed by atoms with Gasteiger partial charge >= 0.3 is 5.97 Å². The topological polar surface area (TPSA) is 166 Å². The monoisotopic (exact) mass is 473 g/mol. The minimum absolute atomic E-state index is 0.280. The fourth-order valence-electron chi connectivity index (χ4n) is 3.57. The minimum atomic E-state index is -1.18. The molecule has 0 radical (unpaired) electrons. The maximum absolute atomic E-state index is 13.0. The number of carboxylic acid groups (broad SMARTS) is 1. The minimum Gasteiger partial charge on any atom is -0.480 e. The number of carbonyl (C=O) groups excluding carboxylic acids is 3. The summed E-state index contributed by atoms with van der Waals surface area (Å²) in [4.78, 5) is 52.6. The summed E-state index contributed by atoms with van der Waals surface area (Å²) >= 11 is 0. The number of benzene rings is 1. The molecular formula is C24H35N5O5. The highest BCUT2D eigenvalue weighted by Gasteiger charge is 2.32. The molecule has 1 aromatic carbocycles. The maximum atomic E-state index is 13.0. The smallest absolute Gasteiger partial charge is 0.325 e. The molecule has 1 heterocycles. The molecule has 1 aromatic heterocycles. The van der Waals surface area contributed by atoms with Crippen LogP contribution in [-0.4, -0.2) is 57.9 Å². The molecule has 7 N–H and O–H groups in total. The van der Waals surface area contributed by atoms with E-state index in [-0.39, 0.29) is 18.3 Å². The first kappa shape index (κ1) is 26.8. The van der Waals surface area contributed by atoms with Crippen molar-refractivity contribution in [2.24, 2.45) is 17.6 Å². The zero-order valence-corrected chi connectivity index (χ0v) is 20.2. The van der Waals surface area contributed by atoms with E-state index < -0.39 is 47.9 Å². The number of aliphatic carboxylic acids is 1. The zero-order chi connectivity index (χ0) is 25.6. The Morgan fingerprint density at radius 2 is 1.41 bits per heavy atom. The van der Waals surface area contributed by atoms with Gasteiger partial charge in [0, 0.05) is 17.1 Å². The van der Waals surface area contributed by atoms with Crippen LogP contribution < -0.4 is 21.7 Å². The Hall–Kier alpha value is -3.40. The molecule has 3 amide bonds.